The van der Waals surface area contributed by atoms with Crippen LogP contribution in [-0.4, -0.2) is 87.8 Å². The van der Waals surface area contributed by atoms with Gasteiger partial charge in [0.05, 0.1) is 29.2 Å². The Kier molecular flexibility index (Phi) is 7.52. The topological polar surface area (TPSA) is 92.3 Å². The number of hydrogen-bond donors (Lipinski definition) is 1. The fraction of sp³-hybridized carbons (Fsp3) is 0.576. The van der Waals surface area contributed by atoms with Crippen molar-refractivity contribution >= 4 is 27.6 Å². The molecule has 3 atom stereocenters. The van der Waals surface area contributed by atoms with Crippen LogP contribution in [0, 0.1) is 17.6 Å². The fourth-order valence-electron chi connectivity index (χ4n) is 8.08. The molecule has 1 unspecified atom stereocenters. The van der Waals surface area contributed by atoms with Crippen molar-refractivity contribution in [3.8, 4) is 17.3 Å². The highest BCUT2D eigenvalue weighted by atomic mass is 19.1. The highest BCUT2D eigenvalue weighted by molar-refractivity contribution is 5.99. The Bertz CT molecular complexity index is 1730. The zero-order chi connectivity index (χ0) is 30.5. The number of aromatic amines is 1. The number of nitrogens with zero attached hydrogens (tertiary/aromatic N) is 6. The van der Waals surface area contributed by atoms with Gasteiger partial charge in [-0.2, -0.15) is 15.1 Å². The monoisotopic (exact) mass is 621 g/mol. The van der Waals surface area contributed by atoms with E-state index in [1.807, 2.05) is 0 Å². The summed E-state index contributed by atoms with van der Waals surface area (Å²) in [6.07, 6.45) is 9.44. The number of aromatic nitrogens is 5. The Morgan fingerprint density at radius 3 is 2.91 bits per heavy atom. The molecule has 9 nitrogen and oxygen atoms in total. The molecule has 1 N–H and O–H groups in total. The van der Waals surface area contributed by atoms with Gasteiger partial charge in [-0.1, -0.05) is 6.42 Å². The SMILES string of the molecule is Fc1cc2[nH]ncc2c2c1CCCCOCC1CCCCN(C1)c1nc(OC[C@@]34CCCN3C[C@H](F)C4)nc3c(F)c-2ncc13. The van der Waals surface area contributed by atoms with E-state index in [-0.39, 0.29) is 29.7 Å². The number of halogens is 3. The molecule has 5 aliphatic rings. The zero-order valence-electron chi connectivity index (χ0n) is 25.3. The number of anilines is 1. The van der Waals surface area contributed by atoms with Gasteiger partial charge < -0.3 is 14.4 Å². The van der Waals surface area contributed by atoms with Crippen LogP contribution in [0.2, 0.25) is 0 Å². The molecule has 8 heterocycles. The van der Waals surface area contributed by atoms with Crippen LogP contribution in [0.3, 0.4) is 0 Å². The third-order valence-electron chi connectivity index (χ3n) is 10.3. The number of ether oxygens (including phenoxy) is 2. The van der Waals surface area contributed by atoms with E-state index in [4.69, 9.17) is 14.5 Å². The van der Waals surface area contributed by atoms with Crippen molar-refractivity contribution in [1.29, 1.82) is 0 Å². The van der Waals surface area contributed by atoms with Crippen molar-refractivity contribution in [3.05, 3.63) is 35.7 Å². The lowest BCUT2D eigenvalue weighted by molar-refractivity contribution is 0.0961. The van der Waals surface area contributed by atoms with E-state index in [2.05, 4.69) is 30.0 Å². The molecule has 45 heavy (non-hydrogen) atoms. The first kappa shape index (κ1) is 28.9. The Morgan fingerprint density at radius 2 is 1.98 bits per heavy atom. The van der Waals surface area contributed by atoms with Crippen LogP contribution >= 0.6 is 0 Å². The Labute approximate surface area is 259 Å². The number of fused-ring (bicyclic) bond motifs is 8. The molecule has 9 rings (SSSR count). The van der Waals surface area contributed by atoms with Crippen molar-refractivity contribution in [3.63, 3.8) is 0 Å². The molecule has 3 fully saturated rings. The van der Waals surface area contributed by atoms with E-state index in [1.54, 1.807) is 12.4 Å². The maximum atomic E-state index is 16.9. The third-order valence-corrected chi connectivity index (χ3v) is 10.3. The van der Waals surface area contributed by atoms with E-state index in [0.717, 1.165) is 51.6 Å². The summed E-state index contributed by atoms with van der Waals surface area (Å²) in [6.45, 7) is 4.13. The first-order chi connectivity index (χ1) is 22.0. The van der Waals surface area contributed by atoms with Gasteiger partial charge in [0.1, 0.15) is 35.6 Å². The molecule has 0 saturated carbocycles. The molecule has 0 radical (unpaired) electrons. The average Bonchev–Trinajstić information content (AvgIpc) is 3.67. The summed E-state index contributed by atoms with van der Waals surface area (Å²) in [5.41, 5.74) is 0.939. The van der Waals surface area contributed by atoms with Crippen molar-refractivity contribution in [1.82, 2.24) is 30.0 Å². The van der Waals surface area contributed by atoms with Crippen LogP contribution in [-0.2, 0) is 11.2 Å². The largest absolute Gasteiger partial charge is 0.461 e. The summed E-state index contributed by atoms with van der Waals surface area (Å²) in [4.78, 5) is 18.5. The van der Waals surface area contributed by atoms with Gasteiger partial charge in [0, 0.05) is 49.8 Å². The van der Waals surface area contributed by atoms with Crippen molar-refractivity contribution in [2.45, 2.75) is 69.5 Å². The molecule has 5 aliphatic heterocycles. The summed E-state index contributed by atoms with van der Waals surface area (Å²) in [5, 5.41) is 8.02. The summed E-state index contributed by atoms with van der Waals surface area (Å²) in [5.74, 6) is -0.235. The van der Waals surface area contributed by atoms with Crippen LogP contribution in [0.15, 0.2) is 18.5 Å². The second kappa shape index (κ2) is 11.7. The Hall–Kier alpha value is -3.51. The molecule has 1 aromatic carbocycles. The molecule has 0 spiro atoms. The van der Waals surface area contributed by atoms with Crippen LogP contribution in [0.5, 0.6) is 6.01 Å². The predicted molar refractivity (Wildman–Crippen MR) is 164 cm³/mol. The van der Waals surface area contributed by atoms with Gasteiger partial charge in [-0.05, 0) is 69.0 Å². The molecule has 3 aromatic heterocycles. The smallest absolute Gasteiger partial charge is 0.319 e. The minimum absolute atomic E-state index is 0.0210. The van der Waals surface area contributed by atoms with Crippen molar-refractivity contribution < 1.29 is 22.6 Å². The lowest BCUT2D eigenvalue weighted by atomic mass is 9.94. The minimum Gasteiger partial charge on any atom is -0.461 e. The normalized spacial score (nSPS) is 26.1. The summed E-state index contributed by atoms with van der Waals surface area (Å²) in [7, 11) is 0. The third kappa shape index (κ3) is 5.19. The highest BCUT2D eigenvalue weighted by Crippen LogP contribution is 2.42. The molecular formula is C33H38F3N7O2. The zero-order valence-corrected chi connectivity index (χ0v) is 25.3. The molecule has 0 amide bonds. The first-order valence-electron chi connectivity index (χ1n) is 16.3. The standard InChI is InChI=1S/C33H38F3N7O2/c34-21-13-33(8-5-10-43(33)17-21)19-45-32-39-29-24-14-37-30(28(29)36)27-22(25(35)12-26-23(27)15-38-41-26)7-2-4-11-44-18-20-6-1-3-9-42(16-20)31(24)40-32/h12,14-15,20-21H,1-11,13,16-19H2,(H,38,41)/t20?,21-,33+/m1/s1. The molecule has 6 bridgehead atoms. The van der Waals surface area contributed by atoms with Crippen molar-refractivity contribution in [2.24, 2.45) is 5.92 Å². The maximum Gasteiger partial charge on any atom is 0.319 e. The van der Waals surface area contributed by atoms with Crippen LogP contribution in [0.4, 0.5) is 19.0 Å². The molecule has 0 aliphatic carbocycles. The number of nitrogens with one attached hydrogen (secondary N) is 1. The first-order valence-corrected chi connectivity index (χ1v) is 16.3. The molecule has 3 saturated heterocycles. The molecule has 4 aromatic rings. The Morgan fingerprint density at radius 1 is 1.04 bits per heavy atom. The van der Waals surface area contributed by atoms with E-state index < -0.39 is 23.3 Å². The number of H-pyrrole nitrogens is 1. The number of alkyl halides is 1. The van der Waals surface area contributed by atoms with Gasteiger partial charge in [0.15, 0.2) is 5.82 Å². The lowest BCUT2D eigenvalue weighted by Crippen LogP contribution is -2.43. The van der Waals surface area contributed by atoms with Gasteiger partial charge in [0.25, 0.3) is 0 Å². The van der Waals surface area contributed by atoms with Crippen LogP contribution in [0.1, 0.15) is 56.9 Å². The van der Waals surface area contributed by atoms with Crippen LogP contribution < -0.4 is 9.64 Å². The Balaban J connectivity index is 1.29. The summed E-state index contributed by atoms with van der Waals surface area (Å²) >= 11 is 0. The van der Waals surface area contributed by atoms with Gasteiger partial charge in [-0.3, -0.25) is 15.0 Å². The van der Waals surface area contributed by atoms with Gasteiger partial charge in [-0.15, -0.1) is 0 Å². The average molecular weight is 622 g/mol. The summed E-state index contributed by atoms with van der Waals surface area (Å²) in [6, 6.07) is 1.47. The van der Waals surface area contributed by atoms with E-state index >= 15 is 8.78 Å². The predicted octanol–water partition coefficient (Wildman–Crippen LogP) is 5.76. The highest BCUT2D eigenvalue weighted by Gasteiger charge is 2.49. The summed E-state index contributed by atoms with van der Waals surface area (Å²) < 4.78 is 59.5. The van der Waals surface area contributed by atoms with E-state index in [0.29, 0.717) is 78.8 Å². The quantitative estimate of drug-likeness (QED) is 0.309. The van der Waals surface area contributed by atoms with Gasteiger partial charge in [-0.25, -0.2) is 13.2 Å². The van der Waals surface area contributed by atoms with Gasteiger partial charge in [0.2, 0.25) is 0 Å². The van der Waals surface area contributed by atoms with E-state index in [1.165, 1.54) is 6.07 Å². The fourth-order valence-corrected chi connectivity index (χ4v) is 8.08. The minimum atomic E-state index is -0.892. The lowest BCUT2D eigenvalue weighted by Gasteiger charge is -2.31. The number of benzene rings is 1. The number of hydrogen-bond acceptors (Lipinski definition) is 8. The maximum absolute atomic E-state index is 16.9. The molecule has 238 valence electrons. The number of rotatable bonds is 3. The van der Waals surface area contributed by atoms with E-state index in [9.17, 15) is 4.39 Å². The second-order valence-electron chi connectivity index (χ2n) is 13.3. The van der Waals surface area contributed by atoms with Crippen molar-refractivity contribution in [2.75, 3.05) is 50.9 Å². The number of pyridine rings is 1. The second-order valence-corrected chi connectivity index (χ2v) is 13.3. The molecular weight excluding hydrogens is 583 g/mol. The molecule has 12 heteroatoms. The van der Waals surface area contributed by atoms with Gasteiger partial charge >= 0.3 is 6.01 Å². The van der Waals surface area contributed by atoms with Crippen LogP contribution in [0.25, 0.3) is 33.1 Å².